The lowest BCUT2D eigenvalue weighted by molar-refractivity contribution is 0.223. The Morgan fingerprint density at radius 2 is 1.37 bits per heavy atom. The van der Waals surface area contributed by atoms with Crippen molar-refractivity contribution >= 4 is 0 Å². The van der Waals surface area contributed by atoms with Gasteiger partial charge in [-0.2, -0.15) is 5.26 Å². The van der Waals surface area contributed by atoms with Gasteiger partial charge in [0.25, 0.3) is 0 Å². The van der Waals surface area contributed by atoms with Gasteiger partial charge in [-0.25, -0.2) is 0 Å². The molecule has 0 amide bonds. The van der Waals surface area contributed by atoms with Crippen LogP contribution in [0.4, 0.5) is 0 Å². The Hall–Kier alpha value is -2.07. The third kappa shape index (κ3) is 5.98. The molecule has 1 aliphatic carbocycles. The van der Waals surface area contributed by atoms with E-state index in [2.05, 4.69) is 68.4 Å². The summed E-state index contributed by atoms with van der Waals surface area (Å²) in [5, 5.41) is 9.89. The Morgan fingerprint density at radius 1 is 0.800 bits per heavy atom. The third-order valence-corrected chi connectivity index (χ3v) is 7.27. The summed E-state index contributed by atoms with van der Waals surface area (Å²) in [6, 6.07) is 20.9. The first kappa shape index (κ1) is 22.6. The molecule has 1 heteroatoms. The average molecular weight is 402 g/mol. The van der Waals surface area contributed by atoms with Crippen molar-refractivity contribution in [2.24, 2.45) is 5.41 Å². The summed E-state index contributed by atoms with van der Waals surface area (Å²) in [6.45, 7) is 4.46. The fraction of sp³-hybridized carbons (Fsp3) is 0.552. The van der Waals surface area contributed by atoms with Crippen LogP contribution in [0, 0.1) is 16.7 Å². The van der Waals surface area contributed by atoms with E-state index < -0.39 is 0 Å². The maximum absolute atomic E-state index is 9.89. The van der Waals surface area contributed by atoms with Crippen LogP contribution in [0.15, 0.2) is 48.5 Å². The summed E-state index contributed by atoms with van der Waals surface area (Å²) in [6.07, 6.45) is 14.5. The number of nitrogens with zero attached hydrogens (tertiary/aromatic N) is 1. The summed E-state index contributed by atoms with van der Waals surface area (Å²) in [4.78, 5) is 0. The van der Waals surface area contributed by atoms with Crippen LogP contribution in [-0.2, 0) is 6.42 Å². The van der Waals surface area contributed by atoms with Gasteiger partial charge in [-0.05, 0) is 66.7 Å². The third-order valence-electron chi connectivity index (χ3n) is 7.27. The molecule has 30 heavy (non-hydrogen) atoms. The zero-order chi connectivity index (χ0) is 21.2. The van der Waals surface area contributed by atoms with Crippen molar-refractivity contribution in [2.45, 2.75) is 96.8 Å². The van der Waals surface area contributed by atoms with Crippen molar-refractivity contribution in [3.05, 3.63) is 59.7 Å². The smallest absolute Gasteiger partial charge is 0.0689 e. The van der Waals surface area contributed by atoms with Gasteiger partial charge in [0.2, 0.25) is 0 Å². The quantitative estimate of drug-likeness (QED) is 0.365. The fourth-order valence-electron chi connectivity index (χ4n) is 5.05. The lowest BCUT2D eigenvalue weighted by Gasteiger charge is -2.35. The summed E-state index contributed by atoms with van der Waals surface area (Å²) in [5.74, 6) is 0.618. The summed E-state index contributed by atoms with van der Waals surface area (Å²) < 4.78 is 0. The van der Waals surface area contributed by atoms with Crippen molar-refractivity contribution in [2.75, 3.05) is 0 Å². The molecule has 2 aromatic carbocycles. The standard InChI is InChI=1S/C29H39N/c1-3-5-6-7-8-9-20-29(23-30)21-18-28(19-22-29)27-16-14-26(15-17-27)25-12-10-24(4-2)11-13-25/h10-17,28H,3-9,18-22H2,1-2H3. The molecule has 2 aromatic rings. The summed E-state index contributed by atoms with van der Waals surface area (Å²) in [5.41, 5.74) is 5.38. The maximum atomic E-state index is 9.89. The van der Waals surface area contributed by atoms with Crippen molar-refractivity contribution in [1.29, 1.82) is 5.26 Å². The van der Waals surface area contributed by atoms with Crippen LogP contribution in [0.5, 0.6) is 0 Å². The lowest BCUT2D eigenvalue weighted by Crippen LogP contribution is -2.25. The Kier molecular flexibility index (Phi) is 8.56. The molecule has 0 unspecified atom stereocenters. The molecule has 0 atom stereocenters. The van der Waals surface area contributed by atoms with Gasteiger partial charge in [-0.1, -0.05) is 101 Å². The second-order valence-electron chi connectivity index (χ2n) is 9.36. The highest BCUT2D eigenvalue weighted by molar-refractivity contribution is 5.64. The predicted molar refractivity (Wildman–Crippen MR) is 129 cm³/mol. The number of rotatable bonds is 10. The average Bonchev–Trinajstić information content (AvgIpc) is 2.82. The second-order valence-corrected chi connectivity index (χ2v) is 9.36. The maximum Gasteiger partial charge on any atom is 0.0689 e. The van der Waals surface area contributed by atoms with Gasteiger partial charge < -0.3 is 0 Å². The van der Waals surface area contributed by atoms with Crippen LogP contribution >= 0.6 is 0 Å². The number of aryl methyl sites for hydroxylation is 1. The first-order chi connectivity index (χ1) is 14.7. The molecule has 0 aromatic heterocycles. The molecular weight excluding hydrogens is 362 g/mol. The van der Waals surface area contributed by atoms with E-state index in [9.17, 15) is 5.26 Å². The molecule has 1 nitrogen and oxygen atoms in total. The molecule has 1 aliphatic rings. The first-order valence-corrected chi connectivity index (χ1v) is 12.3. The Labute approximate surface area is 184 Å². The highest BCUT2D eigenvalue weighted by Crippen LogP contribution is 2.45. The molecule has 1 fully saturated rings. The van der Waals surface area contributed by atoms with Crippen LogP contribution in [0.2, 0.25) is 0 Å². The van der Waals surface area contributed by atoms with Gasteiger partial charge in [0.1, 0.15) is 0 Å². The van der Waals surface area contributed by atoms with Gasteiger partial charge in [0.05, 0.1) is 11.5 Å². The van der Waals surface area contributed by atoms with Crippen molar-refractivity contribution in [1.82, 2.24) is 0 Å². The summed E-state index contributed by atoms with van der Waals surface area (Å²) in [7, 11) is 0. The predicted octanol–water partition coefficient (Wildman–Crippen LogP) is 8.83. The van der Waals surface area contributed by atoms with E-state index >= 15 is 0 Å². The fourth-order valence-corrected chi connectivity index (χ4v) is 5.05. The minimum atomic E-state index is -0.0534. The Morgan fingerprint density at radius 3 is 1.93 bits per heavy atom. The number of benzene rings is 2. The van der Waals surface area contributed by atoms with Gasteiger partial charge in [0, 0.05) is 0 Å². The highest BCUT2D eigenvalue weighted by Gasteiger charge is 2.35. The van der Waals surface area contributed by atoms with E-state index in [4.69, 9.17) is 0 Å². The normalized spacial score (nSPS) is 21.3. The number of hydrogen-bond donors (Lipinski definition) is 0. The molecule has 0 radical (unpaired) electrons. The topological polar surface area (TPSA) is 23.8 Å². The van der Waals surface area contributed by atoms with Crippen LogP contribution in [0.3, 0.4) is 0 Å². The van der Waals surface area contributed by atoms with E-state index in [1.165, 1.54) is 60.8 Å². The number of unbranched alkanes of at least 4 members (excludes halogenated alkanes) is 5. The van der Waals surface area contributed by atoms with E-state index in [1.54, 1.807) is 0 Å². The molecule has 0 saturated heterocycles. The molecule has 0 bridgehead atoms. The Balaban J connectivity index is 1.51. The largest absolute Gasteiger partial charge is 0.198 e. The minimum Gasteiger partial charge on any atom is -0.198 e. The van der Waals surface area contributed by atoms with E-state index in [1.807, 2.05) is 0 Å². The van der Waals surface area contributed by atoms with Crippen LogP contribution in [0.1, 0.15) is 102 Å². The molecule has 0 aliphatic heterocycles. The van der Waals surface area contributed by atoms with Crippen molar-refractivity contribution in [3.8, 4) is 17.2 Å². The molecular formula is C29H39N. The molecule has 160 valence electrons. The van der Waals surface area contributed by atoms with Gasteiger partial charge in [-0.3, -0.25) is 0 Å². The van der Waals surface area contributed by atoms with Crippen molar-refractivity contribution < 1.29 is 0 Å². The lowest BCUT2D eigenvalue weighted by atomic mass is 9.67. The van der Waals surface area contributed by atoms with Crippen LogP contribution in [0.25, 0.3) is 11.1 Å². The molecule has 0 heterocycles. The second kappa shape index (κ2) is 11.4. The SMILES string of the molecule is CCCCCCCCC1(C#N)CCC(c2ccc(-c3ccc(CC)cc3)cc2)CC1. The number of hydrogen-bond acceptors (Lipinski definition) is 1. The summed E-state index contributed by atoms with van der Waals surface area (Å²) >= 11 is 0. The van der Waals surface area contributed by atoms with Crippen LogP contribution in [-0.4, -0.2) is 0 Å². The highest BCUT2D eigenvalue weighted by atomic mass is 14.4. The molecule has 3 rings (SSSR count). The van der Waals surface area contributed by atoms with Gasteiger partial charge in [-0.15, -0.1) is 0 Å². The molecule has 0 spiro atoms. The minimum absolute atomic E-state index is 0.0534. The molecule has 1 saturated carbocycles. The van der Waals surface area contributed by atoms with Crippen molar-refractivity contribution in [3.63, 3.8) is 0 Å². The zero-order valence-electron chi connectivity index (χ0n) is 19.1. The Bertz CT molecular complexity index is 786. The monoisotopic (exact) mass is 401 g/mol. The van der Waals surface area contributed by atoms with E-state index in [-0.39, 0.29) is 5.41 Å². The van der Waals surface area contributed by atoms with Gasteiger partial charge >= 0.3 is 0 Å². The van der Waals surface area contributed by atoms with Gasteiger partial charge in [0.15, 0.2) is 0 Å². The van der Waals surface area contributed by atoms with E-state index in [0.29, 0.717) is 5.92 Å². The zero-order valence-corrected chi connectivity index (χ0v) is 19.1. The van der Waals surface area contributed by atoms with E-state index in [0.717, 1.165) is 38.5 Å². The molecule has 0 N–H and O–H groups in total. The number of nitriles is 1. The van der Waals surface area contributed by atoms with Crippen LogP contribution < -0.4 is 0 Å². The first-order valence-electron chi connectivity index (χ1n) is 12.3.